The second-order valence-electron chi connectivity index (χ2n) is 6.54. The molecule has 1 rings (SSSR count). The molecular weight excluding hydrogens is 355 g/mol. The summed E-state index contributed by atoms with van der Waals surface area (Å²) < 4.78 is 48.0. The number of amides is 1. The molecule has 0 saturated heterocycles. The number of aliphatic hydroxyl groups is 1. The van der Waals surface area contributed by atoms with Gasteiger partial charge >= 0.3 is 18.1 Å². The van der Waals surface area contributed by atoms with Gasteiger partial charge in [-0.25, -0.2) is 4.79 Å². The molecule has 0 bridgehead atoms. The zero-order valence-corrected chi connectivity index (χ0v) is 14.9. The molecule has 1 aromatic rings. The lowest BCUT2D eigenvalue weighted by molar-refractivity contribution is -0.177. The van der Waals surface area contributed by atoms with Crippen LogP contribution >= 0.6 is 0 Å². The van der Waals surface area contributed by atoms with E-state index in [0.29, 0.717) is 11.3 Å². The van der Waals surface area contributed by atoms with Crippen LogP contribution in [0.1, 0.15) is 32.3 Å². The van der Waals surface area contributed by atoms with Crippen LogP contribution < -0.4 is 10.1 Å². The molecule has 0 saturated carbocycles. The van der Waals surface area contributed by atoms with Crippen LogP contribution in [0, 0.1) is 0 Å². The van der Waals surface area contributed by atoms with Crippen molar-refractivity contribution in [1.29, 1.82) is 0 Å². The number of alkyl halides is 3. The van der Waals surface area contributed by atoms with E-state index in [0.717, 1.165) is 0 Å². The Kier molecular flexibility index (Phi) is 7.02. The summed E-state index contributed by atoms with van der Waals surface area (Å²) in [6.45, 7) is 3.92. The largest absolute Gasteiger partial charge is 0.497 e. The average molecular weight is 377 g/mol. The topological polar surface area (TPSA) is 84.9 Å². The Balaban J connectivity index is 3.21. The fourth-order valence-corrected chi connectivity index (χ4v) is 2.17. The lowest BCUT2D eigenvalue weighted by Gasteiger charge is -2.29. The first-order valence-corrected chi connectivity index (χ1v) is 7.74. The fourth-order valence-electron chi connectivity index (χ4n) is 2.17. The Bertz CT molecular complexity index is 623. The zero-order chi connectivity index (χ0) is 20.1. The summed E-state index contributed by atoms with van der Waals surface area (Å²) in [5.41, 5.74) is -0.648. The van der Waals surface area contributed by atoms with Gasteiger partial charge in [0, 0.05) is 5.92 Å². The molecule has 0 aromatic heterocycles. The van der Waals surface area contributed by atoms with Gasteiger partial charge in [0.05, 0.1) is 13.7 Å². The van der Waals surface area contributed by atoms with Crippen LogP contribution in [0.25, 0.3) is 0 Å². The van der Waals surface area contributed by atoms with E-state index in [4.69, 9.17) is 9.47 Å². The summed E-state index contributed by atoms with van der Waals surface area (Å²) >= 11 is 0. The highest BCUT2D eigenvalue weighted by Crippen LogP contribution is 2.25. The quantitative estimate of drug-likeness (QED) is 0.742. The van der Waals surface area contributed by atoms with E-state index in [2.05, 4.69) is 0 Å². The second kappa shape index (κ2) is 8.39. The third-order valence-electron chi connectivity index (χ3n) is 3.35. The summed E-state index contributed by atoms with van der Waals surface area (Å²) in [6.07, 6.45) is -5.18. The minimum atomic E-state index is -5.18. The third kappa shape index (κ3) is 6.21. The van der Waals surface area contributed by atoms with Crippen molar-refractivity contribution in [3.63, 3.8) is 0 Å². The number of methoxy groups -OCH3 is 1. The predicted molar refractivity (Wildman–Crippen MR) is 86.7 cm³/mol. The second-order valence-corrected chi connectivity index (χ2v) is 6.54. The summed E-state index contributed by atoms with van der Waals surface area (Å²) in [5.74, 6) is -4.02. The SMILES string of the molecule is COc1ccc([C@H](CO)[C@@H](NC(=O)C(F)(F)F)C(=O)OC(C)(C)C)cc1. The van der Waals surface area contributed by atoms with E-state index in [1.165, 1.54) is 52.1 Å². The van der Waals surface area contributed by atoms with Gasteiger partial charge in [-0.15, -0.1) is 0 Å². The van der Waals surface area contributed by atoms with Crippen LogP contribution in [0.5, 0.6) is 5.75 Å². The number of ether oxygens (including phenoxy) is 2. The number of nitrogens with one attached hydrogen (secondary N) is 1. The first-order chi connectivity index (χ1) is 11.9. The standard InChI is InChI=1S/C17H22F3NO5/c1-16(2,3)26-14(23)13(21-15(24)17(18,19)20)12(9-22)10-5-7-11(25-4)8-6-10/h5-8,12-13,22H,9H2,1-4H3,(H,21,24)/t12-,13+/m0/s1. The van der Waals surface area contributed by atoms with Gasteiger partial charge in [0.25, 0.3) is 0 Å². The Morgan fingerprint density at radius 3 is 2.08 bits per heavy atom. The molecule has 0 heterocycles. The molecule has 0 aliphatic rings. The third-order valence-corrected chi connectivity index (χ3v) is 3.35. The molecule has 26 heavy (non-hydrogen) atoms. The van der Waals surface area contributed by atoms with E-state index in [-0.39, 0.29) is 0 Å². The molecule has 6 nitrogen and oxygen atoms in total. The van der Waals surface area contributed by atoms with Gasteiger partial charge in [0.1, 0.15) is 17.4 Å². The number of esters is 1. The molecule has 146 valence electrons. The number of carbonyl (C=O) groups is 2. The predicted octanol–water partition coefficient (Wildman–Crippen LogP) is 2.16. The van der Waals surface area contributed by atoms with Gasteiger partial charge in [-0.3, -0.25) is 4.79 Å². The van der Waals surface area contributed by atoms with Crippen molar-refractivity contribution in [2.75, 3.05) is 13.7 Å². The minimum Gasteiger partial charge on any atom is -0.497 e. The first-order valence-electron chi connectivity index (χ1n) is 7.74. The number of carbonyl (C=O) groups excluding carboxylic acids is 2. The van der Waals surface area contributed by atoms with Gasteiger partial charge < -0.3 is 19.9 Å². The van der Waals surface area contributed by atoms with Gasteiger partial charge in [0.2, 0.25) is 0 Å². The van der Waals surface area contributed by atoms with Crippen LogP contribution in [-0.2, 0) is 14.3 Å². The summed E-state index contributed by atoms with van der Waals surface area (Å²) in [5, 5.41) is 11.3. The molecule has 0 aliphatic heterocycles. The van der Waals surface area contributed by atoms with Gasteiger partial charge in [-0.1, -0.05) is 12.1 Å². The van der Waals surface area contributed by atoms with Gasteiger partial charge in [0.15, 0.2) is 0 Å². The number of rotatable bonds is 6. The molecular formula is C17H22F3NO5. The van der Waals surface area contributed by atoms with Crippen LogP contribution in [0.4, 0.5) is 13.2 Å². The number of benzene rings is 1. The van der Waals surface area contributed by atoms with Crippen molar-refractivity contribution < 1.29 is 37.3 Å². The molecule has 2 N–H and O–H groups in total. The molecule has 2 atom stereocenters. The Hall–Kier alpha value is -2.29. The lowest BCUT2D eigenvalue weighted by atomic mass is 9.91. The van der Waals surface area contributed by atoms with E-state index in [1.54, 1.807) is 5.32 Å². The Morgan fingerprint density at radius 1 is 1.15 bits per heavy atom. The van der Waals surface area contributed by atoms with Crippen molar-refractivity contribution >= 4 is 11.9 Å². The first kappa shape index (κ1) is 21.8. The highest BCUT2D eigenvalue weighted by Gasteiger charge is 2.43. The van der Waals surface area contributed by atoms with Crippen LogP contribution in [0.15, 0.2) is 24.3 Å². The summed E-state index contributed by atoms with van der Waals surface area (Å²) in [6, 6.07) is 4.29. The molecule has 9 heteroatoms. The fraction of sp³-hybridized carbons (Fsp3) is 0.529. The van der Waals surface area contributed by atoms with Crippen molar-refractivity contribution in [3.8, 4) is 5.75 Å². The zero-order valence-electron chi connectivity index (χ0n) is 14.9. The van der Waals surface area contributed by atoms with Crippen molar-refractivity contribution in [1.82, 2.24) is 5.32 Å². The lowest BCUT2D eigenvalue weighted by Crippen LogP contribution is -2.52. The van der Waals surface area contributed by atoms with Crippen LogP contribution in [-0.4, -0.2) is 48.5 Å². The molecule has 0 fully saturated rings. The smallest absolute Gasteiger partial charge is 0.471 e. The van der Waals surface area contributed by atoms with Crippen molar-refractivity contribution in [2.24, 2.45) is 0 Å². The molecule has 0 aliphatic carbocycles. The highest BCUT2D eigenvalue weighted by molar-refractivity contribution is 5.88. The van der Waals surface area contributed by atoms with Gasteiger partial charge in [-0.2, -0.15) is 13.2 Å². The minimum absolute atomic E-state index is 0.339. The maximum absolute atomic E-state index is 12.6. The summed E-state index contributed by atoms with van der Waals surface area (Å²) in [7, 11) is 1.44. The number of hydrogen-bond donors (Lipinski definition) is 2. The van der Waals surface area contributed by atoms with E-state index < -0.39 is 42.2 Å². The Labute approximate surface area is 149 Å². The summed E-state index contributed by atoms with van der Waals surface area (Å²) in [4.78, 5) is 23.7. The molecule has 0 unspecified atom stereocenters. The van der Waals surface area contributed by atoms with Crippen molar-refractivity contribution in [2.45, 2.75) is 44.5 Å². The number of aliphatic hydroxyl groups excluding tert-OH is 1. The van der Waals surface area contributed by atoms with E-state index in [9.17, 15) is 27.9 Å². The normalized spacial score (nSPS) is 14.3. The van der Waals surface area contributed by atoms with Gasteiger partial charge in [-0.05, 0) is 38.5 Å². The number of halogens is 3. The maximum atomic E-state index is 12.6. The maximum Gasteiger partial charge on any atom is 0.471 e. The van der Waals surface area contributed by atoms with Crippen LogP contribution in [0.2, 0.25) is 0 Å². The van der Waals surface area contributed by atoms with Crippen molar-refractivity contribution in [3.05, 3.63) is 29.8 Å². The molecule has 1 amide bonds. The van der Waals surface area contributed by atoms with E-state index >= 15 is 0 Å². The average Bonchev–Trinajstić information content (AvgIpc) is 2.52. The van der Waals surface area contributed by atoms with Crippen LogP contribution in [0.3, 0.4) is 0 Å². The Morgan fingerprint density at radius 2 is 1.69 bits per heavy atom. The van der Waals surface area contributed by atoms with E-state index in [1.807, 2.05) is 0 Å². The number of hydrogen-bond acceptors (Lipinski definition) is 5. The molecule has 0 radical (unpaired) electrons. The monoisotopic (exact) mass is 377 g/mol. The molecule has 0 spiro atoms. The molecule has 1 aromatic carbocycles. The highest BCUT2D eigenvalue weighted by atomic mass is 19.4.